The van der Waals surface area contributed by atoms with Crippen LogP contribution in [0.2, 0.25) is 0 Å². The molecule has 0 radical (unpaired) electrons. The summed E-state index contributed by atoms with van der Waals surface area (Å²) in [5, 5.41) is 3.29. The first-order chi connectivity index (χ1) is 26.7. The van der Waals surface area contributed by atoms with Crippen LogP contribution in [0.4, 0.5) is 0 Å². The fourth-order valence-electron chi connectivity index (χ4n) is 7.48. The lowest BCUT2D eigenvalue weighted by Crippen LogP contribution is -2.23. The number of benzene rings is 6. The second kappa shape index (κ2) is 14.8. The minimum Gasteiger partial charge on any atom is -0.497 e. The van der Waals surface area contributed by atoms with E-state index in [4.69, 9.17) is 23.7 Å². The van der Waals surface area contributed by atoms with E-state index in [-0.39, 0.29) is 5.60 Å². The molecule has 278 valence electrons. The molecule has 8 aromatic rings. The van der Waals surface area contributed by atoms with Gasteiger partial charge < -0.3 is 33.2 Å². The summed E-state index contributed by atoms with van der Waals surface area (Å²) in [6, 6.07) is 41.5. The zero-order chi connectivity index (χ0) is 38.1. The summed E-state index contributed by atoms with van der Waals surface area (Å²) >= 11 is 0. The van der Waals surface area contributed by atoms with Crippen molar-refractivity contribution >= 4 is 32.7 Å². The van der Waals surface area contributed by atoms with Gasteiger partial charge in [0.25, 0.3) is 0 Å². The van der Waals surface area contributed by atoms with Gasteiger partial charge in [-0.25, -0.2) is 0 Å². The lowest BCUT2D eigenvalue weighted by molar-refractivity contribution is 0.133. The molecule has 7 nitrogen and oxygen atoms in total. The van der Waals surface area contributed by atoms with Crippen molar-refractivity contribution in [2.75, 3.05) is 21.3 Å². The summed E-state index contributed by atoms with van der Waals surface area (Å²) in [6.07, 6.45) is 3.11. The van der Waals surface area contributed by atoms with Gasteiger partial charge >= 0.3 is 0 Å². The minimum absolute atomic E-state index is 0.386. The van der Waals surface area contributed by atoms with Crippen LogP contribution >= 0.6 is 0 Å². The van der Waals surface area contributed by atoms with Crippen LogP contribution in [0.25, 0.3) is 55.0 Å². The molecule has 7 heteroatoms. The van der Waals surface area contributed by atoms with E-state index in [2.05, 4.69) is 109 Å². The Morgan fingerprint density at radius 1 is 0.600 bits per heavy atom. The van der Waals surface area contributed by atoms with Crippen LogP contribution in [0.3, 0.4) is 0 Å². The molecule has 0 atom stereocenters. The van der Waals surface area contributed by atoms with E-state index >= 15 is 0 Å². The molecule has 0 saturated heterocycles. The molecule has 2 aromatic heterocycles. The smallest absolute Gasteiger partial charge is 0.152 e. The maximum atomic E-state index is 6.54. The summed E-state index contributed by atoms with van der Waals surface area (Å²) in [5.41, 5.74) is 9.15. The standard InChI is InChI=1S/C48H46N2O5/c1-48(2,3)55-40-14-10-13-38-42-43-39(33-17-23-35(51-4)24-18-33)29-50(28-27-31-15-21-37(22-16-31)54-30-32-11-8-7-9-12-32)46(43)41(34-19-25-36(52-5)26-20-34)47(53-6)45(42)49-44(38)40/h7-26,29,49H,27-28,30H2,1-6H3. The van der Waals surface area contributed by atoms with Gasteiger partial charge in [-0.3, -0.25) is 0 Å². The SMILES string of the molecule is COc1ccc(-c2cn(CCc3ccc(OCc4ccccc4)cc3)c3c(-c4ccc(OC)cc4)c(OC)c4[nH]c5c(OC(C)(C)C)cccc5c4c23)cc1. The third-order valence-electron chi connectivity index (χ3n) is 10.0. The summed E-state index contributed by atoms with van der Waals surface area (Å²) in [4.78, 5) is 3.79. The number of aromatic nitrogens is 2. The number of hydrogen-bond acceptors (Lipinski definition) is 5. The topological polar surface area (TPSA) is 66.9 Å². The van der Waals surface area contributed by atoms with Crippen LogP contribution in [-0.4, -0.2) is 36.5 Å². The van der Waals surface area contributed by atoms with Crippen molar-refractivity contribution in [1.82, 2.24) is 9.55 Å². The highest BCUT2D eigenvalue weighted by molar-refractivity contribution is 6.29. The van der Waals surface area contributed by atoms with Gasteiger partial charge in [-0.2, -0.15) is 0 Å². The second-order valence-electron chi connectivity index (χ2n) is 14.8. The molecule has 0 aliphatic rings. The Morgan fingerprint density at radius 3 is 1.89 bits per heavy atom. The largest absolute Gasteiger partial charge is 0.497 e. The summed E-state index contributed by atoms with van der Waals surface area (Å²) in [5.74, 6) is 4.02. The number of ether oxygens (including phenoxy) is 5. The number of nitrogens with one attached hydrogen (secondary N) is 1. The highest BCUT2D eigenvalue weighted by atomic mass is 16.5. The first-order valence-electron chi connectivity index (χ1n) is 18.7. The van der Waals surface area contributed by atoms with Crippen LogP contribution in [0.1, 0.15) is 31.9 Å². The van der Waals surface area contributed by atoms with Gasteiger partial charge in [0, 0.05) is 34.5 Å². The molecule has 1 N–H and O–H groups in total. The van der Waals surface area contributed by atoms with Gasteiger partial charge in [0.1, 0.15) is 35.2 Å². The van der Waals surface area contributed by atoms with Crippen LogP contribution in [-0.2, 0) is 19.6 Å². The van der Waals surface area contributed by atoms with Crippen LogP contribution < -0.4 is 23.7 Å². The number of methoxy groups -OCH3 is 3. The van der Waals surface area contributed by atoms with Crippen molar-refractivity contribution in [3.8, 4) is 51.0 Å². The monoisotopic (exact) mass is 730 g/mol. The Labute approximate surface area is 322 Å². The fraction of sp³-hybridized carbons (Fsp3) is 0.208. The van der Waals surface area contributed by atoms with Gasteiger partial charge in [0.2, 0.25) is 0 Å². The number of aryl methyl sites for hydroxylation is 2. The fourth-order valence-corrected chi connectivity index (χ4v) is 7.48. The number of para-hydroxylation sites is 1. The summed E-state index contributed by atoms with van der Waals surface area (Å²) in [7, 11) is 5.14. The molecule has 0 aliphatic heterocycles. The van der Waals surface area contributed by atoms with E-state index in [1.54, 1.807) is 21.3 Å². The van der Waals surface area contributed by atoms with Crippen LogP contribution in [0, 0.1) is 0 Å². The molecule has 0 aliphatic carbocycles. The molecule has 0 saturated carbocycles. The Kier molecular flexibility index (Phi) is 9.62. The number of H-pyrrole nitrogens is 1. The second-order valence-corrected chi connectivity index (χ2v) is 14.8. The van der Waals surface area contributed by atoms with Gasteiger partial charge in [0.15, 0.2) is 5.75 Å². The van der Waals surface area contributed by atoms with E-state index in [0.29, 0.717) is 6.61 Å². The van der Waals surface area contributed by atoms with Gasteiger partial charge in [0.05, 0.1) is 43.4 Å². The molecular formula is C48H46N2O5. The van der Waals surface area contributed by atoms with Crippen molar-refractivity contribution in [3.05, 3.63) is 139 Å². The number of aromatic amines is 1. The summed E-state index contributed by atoms with van der Waals surface area (Å²) in [6.45, 7) is 7.48. The summed E-state index contributed by atoms with van der Waals surface area (Å²) < 4.78 is 32.6. The predicted molar refractivity (Wildman–Crippen MR) is 223 cm³/mol. The molecular weight excluding hydrogens is 685 g/mol. The van der Waals surface area contributed by atoms with Crippen LogP contribution in [0.5, 0.6) is 28.7 Å². The van der Waals surface area contributed by atoms with Crippen molar-refractivity contribution in [1.29, 1.82) is 0 Å². The molecule has 2 heterocycles. The third-order valence-corrected chi connectivity index (χ3v) is 10.0. The quantitative estimate of drug-likeness (QED) is 0.136. The lowest BCUT2D eigenvalue weighted by Gasteiger charge is -2.21. The average Bonchev–Trinajstić information content (AvgIpc) is 3.78. The van der Waals surface area contributed by atoms with Gasteiger partial charge in [-0.15, -0.1) is 0 Å². The highest BCUT2D eigenvalue weighted by Gasteiger charge is 2.27. The first-order valence-corrected chi connectivity index (χ1v) is 18.7. The Morgan fingerprint density at radius 2 is 1.25 bits per heavy atom. The number of rotatable bonds is 12. The van der Waals surface area contributed by atoms with Gasteiger partial charge in [-0.05, 0) is 91.9 Å². The minimum atomic E-state index is -0.386. The number of fused-ring (bicyclic) bond motifs is 5. The van der Waals surface area contributed by atoms with E-state index < -0.39 is 0 Å². The third kappa shape index (κ3) is 7.06. The molecule has 6 aromatic carbocycles. The highest BCUT2D eigenvalue weighted by Crippen LogP contribution is 2.51. The normalized spacial score (nSPS) is 11.7. The van der Waals surface area contributed by atoms with E-state index in [9.17, 15) is 0 Å². The molecule has 0 bridgehead atoms. The predicted octanol–water partition coefficient (Wildman–Crippen LogP) is 11.6. The molecule has 0 fully saturated rings. The Balaban J connectivity index is 1.33. The van der Waals surface area contributed by atoms with E-state index in [1.165, 1.54) is 5.56 Å². The number of hydrogen-bond donors (Lipinski definition) is 1. The van der Waals surface area contributed by atoms with Crippen molar-refractivity contribution < 1.29 is 23.7 Å². The van der Waals surface area contributed by atoms with Gasteiger partial charge in [-0.1, -0.05) is 78.9 Å². The van der Waals surface area contributed by atoms with Crippen LogP contribution in [0.15, 0.2) is 128 Å². The maximum absolute atomic E-state index is 6.54. The van der Waals surface area contributed by atoms with E-state index in [1.807, 2.05) is 48.5 Å². The lowest BCUT2D eigenvalue weighted by atomic mass is 9.94. The maximum Gasteiger partial charge on any atom is 0.152 e. The van der Waals surface area contributed by atoms with Crippen molar-refractivity contribution in [2.24, 2.45) is 0 Å². The number of nitrogens with zero attached hydrogens (tertiary/aromatic N) is 1. The zero-order valence-corrected chi connectivity index (χ0v) is 32.2. The Bertz CT molecular complexity index is 2580. The van der Waals surface area contributed by atoms with E-state index in [0.717, 1.165) is 102 Å². The average molecular weight is 731 g/mol. The van der Waals surface area contributed by atoms with Crippen molar-refractivity contribution in [3.63, 3.8) is 0 Å². The zero-order valence-electron chi connectivity index (χ0n) is 32.2. The molecule has 0 unspecified atom stereocenters. The molecule has 0 amide bonds. The first kappa shape index (κ1) is 35.7. The van der Waals surface area contributed by atoms with Crippen molar-refractivity contribution in [2.45, 2.75) is 45.9 Å². The molecule has 55 heavy (non-hydrogen) atoms. The molecule has 8 rings (SSSR count). The Hall–Kier alpha value is -6.34. The molecule has 0 spiro atoms.